The third-order valence-corrected chi connectivity index (χ3v) is 1.90. The van der Waals surface area contributed by atoms with Gasteiger partial charge in [0.1, 0.15) is 11.6 Å². The fourth-order valence-corrected chi connectivity index (χ4v) is 1.25. The van der Waals surface area contributed by atoms with Gasteiger partial charge < -0.3 is 0 Å². The summed E-state index contributed by atoms with van der Waals surface area (Å²) in [7, 11) is 0. The first-order chi connectivity index (χ1) is 6.57. The predicted molar refractivity (Wildman–Crippen MR) is 51.6 cm³/mol. The van der Waals surface area contributed by atoms with E-state index < -0.39 is 4.92 Å². The molecule has 0 bridgehead atoms. The van der Waals surface area contributed by atoms with E-state index in [4.69, 9.17) is 5.26 Å². The van der Waals surface area contributed by atoms with Crippen molar-refractivity contribution in [1.29, 1.82) is 5.26 Å². The van der Waals surface area contributed by atoms with Crippen molar-refractivity contribution in [1.82, 2.24) is 0 Å². The third-order valence-electron chi connectivity index (χ3n) is 1.90. The Morgan fingerprint density at radius 2 is 2.29 bits per heavy atom. The van der Waals surface area contributed by atoms with Gasteiger partial charge in [-0.05, 0) is 18.9 Å². The van der Waals surface area contributed by atoms with Crippen molar-refractivity contribution in [2.45, 2.75) is 12.8 Å². The molecule has 1 aromatic rings. The Bertz CT molecular complexity index is 405. The smallest absolute Gasteiger partial charge is 0.258 e. The molecule has 0 aliphatic heterocycles. The highest BCUT2D eigenvalue weighted by molar-refractivity contribution is 5.55. The molecule has 0 saturated carbocycles. The molecule has 0 aliphatic rings. The van der Waals surface area contributed by atoms with Crippen molar-refractivity contribution in [2.24, 2.45) is 0 Å². The van der Waals surface area contributed by atoms with E-state index in [9.17, 15) is 10.1 Å². The average Bonchev–Trinajstić information content (AvgIpc) is 2.16. The van der Waals surface area contributed by atoms with Gasteiger partial charge in [0.05, 0.1) is 4.92 Å². The minimum atomic E-state index is -0.532. The molecule has 14 heavy (non-hydrogen) atoms. The summed E-state index contributed by atoms with van der Waals surface area (Å²) in [5.41, 5.74) is 0.453. The SMILES string of the molecule is [CH2]C(C)c1cccc(C#N)c1[N+](=O)[O-]. The lowest BCUT2D eigenvalue weighted by molar-refractivity contribution is -0.385. The normalized spacial score (nSPS) is 9.86. The molecular weight excluding hydrogens is 180 g/mol. The lowest BCUT2D eigenvalue weighted by Gasteiger charge is -2.06. The molecule has 0 heterocycles. The van der Waals surface area contributed by atoms with Crippen molar-refractivity contribution in [3.05, 3.63) is 46.4 Å². The Morgan fingerprint density at radius 3 is 2.71 bits per heavy atom. The van der Waals surface area contributed by atoms with Gasteiger partial charge in [-0.3, -0.25) is 10.1 Å². The highest BCUT2D eigenvalue weighted by atomic mass is 16.6. The first-order valence-corrected chi connectivity index (χ1v) is 4.08. The number of benzene rings is 1. The number of hydrogen-bond acceptors (Lipinski definition) is 3. The summed E-state index contributed by atoms with van der Waals surface area (Å²) in [4.78, 5) is 10.2. The molecule has 1 aromatic carbocycles. The molecule has 1 atom stereocenters. The Kier molecular flexibility index (Phi) is 2.82. The maximum absolute atomic E-state index is 10.7. The van der Waals surface area contributed by atoms with Gasteiger partial charge in [-0.1, -0.05) is 19.1 Å². The molecule has 4 heteroatoms. The van der Waals surface area contributed by atoms with E-state index >= 15 is 0 Å². The second-order valence-corrected chi connectivity index (χ2v) is 3.01. The summed E-state index contributed by atoms with van der Waals surface area (Å²) in [5.74, 6) is -0.205. The second-order valence-electron chi connectivity index (χ2n) is 3.01. The van der Waals surface area contributed by atoms with Crippen molar-refractivity contribution < 1.29 is 4.92 Å². The fourth-order valence-electron chi connectivity index (χ4n) is 1.25. The number of rotatable bonds is 2. The van der Waals surface area contributed by atoms with Crippen LogP contribution in [0.3, 0.4) is 0 Å². The molecule has 0 fully saturated rings. The minimum absolute atomic E-state index is 0.0861. The summed E-state index contributed by atoms with van der Waals surface area (Å²) in [6, 6.07) is 6.49. The zero-order valence-electron chi connectivity index (χ0n) is 7.73. The van der Waals surface area contributed by atoms with Crippen LogP contribution in [0.1, 0.15) is 24.0 Å². The molecule has 0 N–H and O–H groups in total. The van der Waals surface area contributed by atoms with Gasteiger partial charge in [0.15, 0.2) is 0 Å². The Labute approximate surface area is 81.9 Å². The van der Waals surface area contributed by atoms with E-state index in [0.717, 1.165) is 0 Å². The highest BCUT2D eigenvalue weighted by Crippen LogP contribution is 2.28. The van der Waals surface area contributed by atoms with Crippen LogP contribution in [-0.4, -0.2) is 4.92 Å². The van der Waals surface area contributed by atoms with Crippen molar-refractivity contribution in [3.8, 4) is 6.07 Å². The zero-order chi connectivity index (χ0) is 10.7. The van der Waals surface area contributed by atoms with E-state index in [2.05, 4.69) is 6.92 Å². The van der Waals surface area contributed by atoms with Crippen LogP contribution in [0.4, 0.5) is 5.69 Å². The molecule has 71 valence electrons. The van der Waals surface area contributed by atoms with Crippen LogP contribution >= 0.6 is 0 Å². The molecule has 1 rings (SSSR count). The quantitative estimate of drug-likeness (QED) is 0.530. The Hall–Kier alpha value is -1.89. The topological polar surface area (TPSA) is 66.9 Å². The summed E-state index contributed by atoms with van der Waals surface area (Å²) in [5, 5.41) is 19.4. The summed E-state index contributed by atoms with van der Waals surface area (Å²) < 4.78 is 0. The number of nitriles is 1. The first-order valence-electron chi connectivity index (χ1n) is 4.08. The molecule has 4 nitrogen and oxygen atoms in total. The number of para-hydroxylation sites is 1. The average molecular weight is 189 g/mol. The lowest BCUT2D eigenvalue weighted by atomic mass is 9.98. The maximum atomic E-state index is 10.7. The number of hydrogen-bond donors (Lipinski definition) is 0. The second kappa shape index (κ2) is 3.88. The predicted octanol–water partition coefficient (Wildman–Crippen LogP) is 2.40. The van der Waals surface area contributed by atoms with Crippen LogP contribution < -0.4 is 0 Å². The Morgan fingerprint density at radius 1 is 1.64 bits per heavy atom. The summed E-state index contributed by atoms with van der Waals surface area (Å²) >= 11 is 0. The maximum Gasteiger partial charge on any atom is 0.290 e. The van der Waals surface area contributed by atoms with Gasteiger partial charge in [-0.15, -0.1) is 0 Å². The number of nitro benzene ring substituents is 1. The molecule has 0 aliphatic carbocycles. The minimum Gasteiger partial charge on any atom is -0.258 e. The summed E-state index contributed by atoms with van der Waals surface area (Å²) in [6.45, 7) is 5.47. The van der Waals surface area contributed by atoms with Crippen LogP contribution in [0.2, 0.25) is 0 Å². The molecule has 0 spiro atoms. The van der Waals surface area contributed by atoms with Crippen molar-refractivity contribution >= 4 is 5.69 Å². The molecule has 1 unspecified atom stereocenters. The van der Waals surface area contributed by atoms with Crippen molar-refractivity contribution in [2.75, 3.05) is 0 Å². The van der Waals surface area contributed by atoms with Crippen LogP contribution in [0, 0.1) is 28.4 Å². The van der Waals surface area contributed by atoms with Gasteiger partial charge in [-0.2, -0.15) is 5.26 Å². The van der Waals surface area contributed by atoms with E-state index in [1.165, 1.54) is 6.07 Å². The monoisotopic (exact) mass is 189 g/mol. The van der Waals surface area contributed by atoms with E-state index in [0.29, 0.717) is 5.56 Å². The molecule has 0 aromatic heterocycles. The van der Waals surface area contributed by atoms with Crippen LogP contribution in [0.25, 0.3) is 0 Å². The van der Waals surface area contributed by atoms with Crippen molar-refractivity contribution in [3.63, 3.8) is 0 Å². The van der Waals surface area contributed by atoms with Gasteiger partial charge in [0, 0.05) is 5.56 Å². The third kappa shape index (κ3) is 1.72. The highest BCUT2D eigenvalue weighted by Gasteiger charge is 2.20. The largest absolute Gasteiger partial charge is 0.290 e. The number of nitrogens with zero attached hydrogens (tertiary/aromatic N) is 2. The molecule has 0 amide bonds. The van der Waals surface area contributed by atoms with Crippen LogP contribution in [0.5, 0.6) is 0 Å². The first kappa shape index (κ1) is 10.2. The molecule has 0 saturated heterocycles. The van der Waals surface area contributed by atoms with Gasteiger partial charge in [0.25, 0.3) is 5.69 Å². The van der Waals surface area contributed by atoms with Gasteiger partial charge >= 0.3 is 0 Å². The van der Waals surface area contributed by atoms with E-state index in [1.807, 2.05) is 0 Å². The van der Waals surface area contributed by atoms with Crippen LogP contribution in [0.15, 0.2) is 18.2 Å². The fraction of sp³-hybridized carbons (Fsp3) is 0.200. The Balaban J connectivity index is 3.45. The molecular formula is C10H9N2O2. The van der Waals surface area contributed by atoms with Gasteiger partial charge in [0.2, 0.25) is 0 Å². The molecule has 1 radical (unpaired) electrons. The van der Waals surface area contributed by atoms with Crippen LogP contribution in [-0.2, 0) is 0 Å². The van der Waals surface area contributed by atoms with E-state index in [1.54, 1.807) is 25.1 Å². The van der Waals surface area contributed by atoms with Gasteiger partial charge in [-0.25, -0.2) is 0 Å². The zero-order valence-corrected chi connectivity index (χ0v) is 7.73. The summed E-state index contributed by atoms with van der Waals surface area (Å²) in [6.07, 6.45) is 0. The van der Waals surface area contributed by atoms with E-state index in [-0.39, 0.29) is 17.2 Å². The number of nitro groups is 1. The lowest BCUT2D eigenvalue weighted by Crippen LogP contribution is -1.99. The standard InChI is InChI=1S/C10H9N2O2/c1-7(2)9-5-3-4-8(6-11)10(9)12(13)14/h3-5,7H,1H2,2H3.